The van der Waals surface area contributed by atoms with Gasteiger partial charge in [0.2, 0.25) is 0 Å². The second-order valence-electron chi connectivity index (χ2n) is 6.85. The summed E-state index contributed by atoms with van der Waals surface area (Å²) < 4.78 is 12.2. The van der Waals surface area contributed by atoms with E-state index in [9.17, 15) is 9.59 Å². The average Bonchev–Trinajstić information content (AvgIpc) is 3.38. The van der Waals surface area contributed by atoms with Gasteiger partial charge in [-0.15, -0.1) is 21.5 Å². The third kappa shape index (κ3) is 4.13. The molecule has 1 N–H and O–H groups in total. The molecule has 4 aromatic rings. The van der Waals surface area contributed by atoms with Crippen molar-refractivity contribution in [2.45, 2.75) is 31.2 Å². The molecule has 0 radical (unpaired) electrons. The maximum Gasteiger partial charge on any atom is 0.348 e. The van der Waals surface area contributed by atoms with Crippen molar-refractivity contribution >= 4 is 39.3 Å². The molecule has 0 fully saturated rings. The number of nitrogens with zero attached hydrogens (tertiary/aromatic N) is 4. The number of aromatic amines is 1. The molecule has 0 spiro atoms. The summed E-state index contributed by atoms with van der Waals surface area (Å²) in [6.07, 6.45) is 1.62. The molecule has 0 aliphatic heterocycles. The van der Waals surface area contributed by atoms with Gasteiger partial charge in [0.25, 0.3) is 5.56 Å². The van der Waals surface area contributed by atoms with Crippen LogP contribution in [0.2, 0.25) is 0 Å². The molecule has 3 aromatic heterocycles. The van der Waals surface area contributed by atoms with Crippen LogP contribution in [0.25, 0.3) is 15.9 Å². The monoisotopic (exact) mass is 471 g/mol. The molecule has 0 amide bonds. The van der Waals surface area contributed by atoms with Gasteiger partial charge in [-0.1, -0.05) is 17.8 Å². The number of H-pyrrole nitrogens is 1. The van der Waals surface area contributed by atoms with Crippen molar-refractivity contribution < 1.29 is 14.3 Å². The number of hydrogen-bond acceptors (Lipinski definition) is 9. The molecule has 0 saturated carbocycles. The van der Waals surface area contributed by atoms with E-state index in [1.165, 1.54) is 23.1 Å². The molecule has 3 heterocycles. The van der Waals surface area contributed by atoms with E-state index in [1.807, 2.05) is 35.8 Å². The lowest BCUT2D eigenvalue weighted by Crippen LogP contribution is -2.13. The molecule has 9 nitrogen and oxygen atoms in total. The van der Waals surface area contributed by atoms with Crippen molar-refractivity contribution in [1.29, 1.82) is 0 Å². The number of carbonyl (C=O) groups is 1. The highest BCUT2D eigenvalue weighted by atomic mass is 32.2. The summed E-state index contributed by atoms with van der Waals surface area (Å²) in [7, 11) is 1.61. The van der Waals surface area contributed by atoms with Crippen LogP contribution in [0.1, 0.15) is 40.2 Å². The lowest BCUT2D eigenvalue weighted by molar-refractivity contribution is 0.0531. The van der Waals surface area contributed by atoms with Crippen LogP contribution >= 0.6 is 23.1 Å². The zero-order valence-corrected chi connectivity index (χ0v) is 19.5. The summed E-state index contributed by atoms with van der Waals surface area (Å²) in [5.74, 6) is 0.772. The second kappa shape index (κ2) is 9.13. The molecule has 1 aromatic carbocycles. The Kier molecular flexibility index (Phi) is 6.28. The fourth-order valence-electron chi connectivity index (χ4n) is 3.20. The molecule has 32 heavy (non-hydrogen) atoms. The van der Waals surface area contributed by atoms with Gasteiger partial charge in [0.05, 0.1) is 30.0 Å². The minimum absolute atomic E-state index is 0.228. The maximum atomic E-state index is 12.8. The number of fused-ring (bicyclic) bond motifs is 1. The first-order chi connectivity index (χ1) is 15.4. The summed E-state index contributed by atoms with van der Waals surface area (Å²) >= 11 is 2.58. The van der Waals surface area contributed by atoms with E-state index in [-0.39, 0.29) is 17.4 Å². The van der Waals surface area contributed by atoms with Crippen LogP contribution in [0.3, 0.4) is 0 Å². The van der Waals surface area contributed by atoms with E-state index in [4.69, 9.17) is 9.47 Å². The van der Waals surface area contributed by atoms with Crippen LogP contribution in [-0.4, -0.2) is 44.4 Å². The van der Waals surface area contributed by atoms with Crippen LogP contribution in [-0.2, 0) is 4.74 Å². The molecule has 4 rings (SSSR count). The smallest absolute Gasteiger partial charge is 0.348 e. The van der Waals surface area contributed by atoms with Gasteiger partial charge in [-0.05, 0) is 38.5 Å². The Morgan fingerprint density at radius 2 is 2.19 bits per heavy atom. The molecule has 0 aliphatic carbocycles. The van der Waals surface area contributed by atoms with Gasteiger partial charge in [0.15, 0.2) is 5.16 Å². The molecule has 0 bridgehead atoms. The summed E-state index contributed by atoms with van der Waals surface area (Å²) in [6.45, 7) is 5.67. The van der Waals surface area contributed by atoms with Crippen molar-refractivity contribution in [3.8, 4) is 11.4 Å². The van der Waals surface area contributed by atoms with Crippen LogP contribution < -0.4 is 10.3 Å². The van der Waals surface area contributed by atoms with E-state index < -0.39 is 5.97 Å². The standard InChI is InChI=1S/C21H21N5O4S2/c1-5-30-20(28)16-11(2)15-18(27)23-17(24-19(15)32-16)12(3)31-21-25-22-10-26(21)13-7-6-8-14(9-13)29-4/h6-10,12H,5H2,1-4H3,(H,23,24,27). The molecule has 11 heteroatoms. The normalized spacial score (nSPS) is 12.1. The summed E-state index contributed by atoms with van der Waals surface area (Å²) in [5, 5.41) is 9.08. The number of rotatable bonds is 7. The first-order valence-corrected chi connectivity index (χ1v) is 11.5. The lowest BCUT2D eigenvalue weighted by Gasteiger charge is -2.12. The Bertz CT molecular complexity index is 1340. The number of nitrogens with one attached hydrogen (secondary N) is 1. The predicted molar refractivity (Wildman–Crippen MR) is 123 cm³/mol. The third-order valence-electron chi connectivity index (χ3n) is 4.79. The van der Waals surface area contributed by atoms with E-state index in [0.717, 1.165) is 11.4 Å². The predicted octanol–water partition coefficient (Wildman–Crippen LogP) is 3.91. The highest BCUT2D eigenvalue weighted by Gasteiger charge is 2.22. The topological polar surface area (TPSA) is 112 Å². The largest absolute Gasteiger partial charge is 0.497 e. The maximum absolute atomic E-state index is 12.8. The number of ether oxygens (including phenoxy) is 2. The number of aromatic nitrogens is 5. The Balaban J connectivity index is 1.65. The van der Waals surface area contributed by atoms with Crippen molar-refractivity contribution in [3.05, 3.63) is 57.2 Å². The number of esters is 1. The number of methoxy groups -OCH3 is 1. The SMILES string of the molecule is CCOC(=O)c1sc2nc(C(C)Sc3nncn3-c3cccc(OC)c3)[nH]c(=O)c2c1C. The summed E-state index contributed by atoms with van der Waals surface area (Å²) in [4.78, 5) is 33.4. The quantitative estimate of drug-likeness (QED) is 0.319. The van der Waals surface area contributed by atoms with Crippen LogP contribution in [0.4, 0.5) is 0 Å². The Labute approximate surface area is 191 Å². The number of hydrogen-bond donors (Lipinski definition) is 1. The molecule has 0 saturated heterocycles. The average molecular weight is 472 g/mol. The Morgan fingerprint density at radius 3 is 2.94 bits per heavy atom. The summed E-state index contributed by atoms with van der Waals surface area (Å²) in [5.41, 5.74) is 1.16. The van der Waals surface area contributed by atoms with Gasteiger partial charge in [-0.25, -0.2) is 9.78 Å². The number of carbonyl (C=O) groups excluding carboxylic acids is 1. The van der Waals surface area contributed by atoms with Crippen molar-refractivity contribution in [3.63, 3.8) is 0 Å². The first-order valence-electron chi connectivity index (χ1n) is 9.84. The molecular formula is C21H21N5O4S2. The third-order valence-corrected chi connectivity index (χ3v) is 7.03. The minimum Gasteiger partial charge on any atom is -0.497 e. The number of thioether (sulfide) groups is 1. The molecule has 1 unspecified atom stereocenters. The van der Waals surface area contributed by atoms with Crippen molar-refractivity contribution in [2.24, 2.45) is 0 Å². The fraction of sp³-hybridized carbons (Fsp3) is 0.286. The van der Waals surface area contributed by atoms with Crippen LogP contribution in [0.5, 0.6) is 5.75 Å². The van der Waals surface area contributed by atoms with Crippen LogP contribution in [0.15, 0.2) is 40.5 Å². The number of benzene rings is 1. The Morgan fingerprint density at radius 1 is 1.38 bits per heavy atom. The summed E-state index contributed by atoms with van der Waals surface area (Å²) in [6, 6.07) is 7.56. The zero-order valence-electron chi connectivity index (χ0n) is 17.9. The van der Waals surface area contributed by atoms with Crippen molar-refractivity contribution in [1.82, 2.24) is 24.7 Å². The van der Waals surface area contributed by atoms with E-state index in [2.05, 4.69) is 20.2 Å². The molecular weight excluding hydrogens is 450 g/mol. The van der Waals surface area contributed by atoms with E-state index >= 15 is 0 Å². The molecule has 1 atom stereocenters. The van der Waals surface area contributed by atoms with Crippen LogP contribution in [0, 0.1) is 6.92 Å². The lowest BCUT2D eigenvalue weighted by atomic mass is 10.2. The fourth-order valence-corrected chi connectivity index (χ4v) is 5.18. The first kappa shape index (κ1) is 22.0. The van der Waals surface area contributed by atoms with Gasteiger partial charge in [-0.3, -0.25) is 9.36 Å². The second-order valence-corrected chi connectivity index (χ2v) is 9.16. The number of thiophene rings is 1. The van der Waals surface area contributed by atoms with Gasteiger partial charge >= 0.3 is 5.97 Å². The van der Waals surface area contributed by atoms with Gasteiger partial charge in [0.1, 0.15) is 27.6 Å². The minimum atomic E-state index is -0.442. The molecule has 166 valence electrons. The van der Waals surface area contributed by atoms with E-state index in [1.54, 1.807) is 27.3 Å². The Hall–Kier alpha value is -3.18. The van der Waals surface area contributed by atoms with Gasteiger partial charge < -0.3 is 14.5 Å². The van der Waals surface area contributed by atoms with Crippen molar-refractivity contribution in [2.75, 3.05) is 13.7 Å². The number of aryl methyl sites for hydroxylation is 1. The molecule has 0 aliphatic rings. The van der Waals surface area contributed by atoms with Gasteiger partial charge in [-0.2, -0.15) is 0 Å². The highest BCUT2D eigenvalue weighted by Crippen LogP contribution is 2.35. The highest BCUT2D eigenvalue weighted by molar-refractivity contribution is 7.99. The zero-order chi connectivity index (χ0) is 22.8. The van der Waals surface area contributed by atoms with E-state index in [0.29, 0.717) is 31.6 Å². The van der Waals surface area contributed by atoms with Gasteiger partial charge in [0, 0.05) is 6.07 Å².